The van der Waals surface area contributed by atoms with Gasteiger partial charge in [-0.15, -0.1) is 0 Å². The first-order valence-electron chi connectivity index (χ1n) is 9.54. The highest BCUT2D eigenvalue weighted by Gasteiger charge is 2.25. The average molecular weight is 417 g/mol. The third-order valence-corrected chi connectivity index (χ3v) is 5.31. The molecule has 0 atom stereocenters. The molecule has 2 aromatic carbocycles. The summed E-state index contributed by atoms with van der Waals surface area (Å²) in [6, 6.07) is 12.7. The van der Waals surface area contributed by atoms with Gasteiger partial charge in [0.15, 0.2) is 0 Å². The second-order valence-corrected chi connectivity index (χ2v) is 7.34. The molecule has 2 aromatic rings. The lowest BCUT2D eigenvalue weighted by Crippen LogP contribution is -2.50. The first-order valence-corrected chi connectivity index (χ1v) is 9.92. The number of ether oxygens (including phenoxy) is 2. The molecule has 6 nitrogen and oxygen atoms in total. The van der Waals surface area contributed by atoms with E-state index >= 15 is 0 Å². The van der Waals surface area contributed by atoms with Crippen LogP contribution in [0.3, 0.4) is 0 Å². The lowest BCUT2D eigenvalue weighted by molar-refractivity contribution is -0.132. The Morgan fingerprint density at radius 3 is 2.00 bits per heavy atom. The maximum absolute atomic E-state index is 12.9. The van der Waals surface area contributed by atoms with Crippen LogP contribution in [0, 0.1) is 0 Å². The molecule has 1 heterocycles. The Kier molecular flexibility index (Phi) is 6.99. The van der Waals surface area contributed by atoms with E-state index in [0.29, 0.717) is 61.1 Å². The number of amides is 2. The highest BCUT2D eigenvalue weighted by atomic mass is 35.5. The molecule has 2 amide bonds. The molecule has 0 saturated carbocycles. The van der Waals surface area contributed by atoms with Crippen LogP contribution in [0.1, 0.15) is 22.3 Å². The van der Waals surface area contributed by atoms with Gasteiger partial charge in [0.2, 0.25) is 5.91 Å². The Bertz CT molecular complexity index is 839. The first-order chi connectivity index (χ1) is 14.0. The van der Waals surface area contributed by atoms with Crippen molar-refractivity contribution in [2.75, 3.05) is 40.4 Å². The molecule has 1 saturated heterocycles. The second kappa shape index (κ2) is 9.65. The van der Waals surface area contributed by atoms with Crippen LogP contribution in [0.5, 0.6) is 11.5 Å². The van der Waals surface area contributed by atoms with Crippen LogP contribution < -0.4 is 9.47 Å². The van der Waals surface area contributed by atoms with E-state index in [1.807, 2.05) is 29.2 Å². The van der Waals surface area contributed by atoms with Gasteiger partial charge < -0.3 is 19.3 Å². The monoisotopic (exact) mass is 416 g/mol. The average Bonchev–Trinajstić information content (AvgIpc) is 2.77. The number of hydrogen-bond acceptors (Lipinski definition) is 4. The topological polar surface area (TPSA) is 59.1 Å². The Hall–Kier alpha value is -2.73. The number of piperazine rings is 1. The van der Waals surface area contributed by atoms with Crippen molar-refractivity contribution in [3.63, 3.8) is 0 Å². The van der Waals surface area contributed by atoms with Crippen molar-refractivity contribution in [1.29, 1.82) is 0 Å². The van der Waals surface area contributed by atoms with Crippen molar-refractivity contribution in [1.82, 2.24) is 9.80 Å². The molecule has 29 heavy (non-hydrogen) atoms. The van der Waals surface area contributed by atoms with Gasteiger partial charge in [-0.25, -0.2) is 0 Å². The standard InChI is InChI=1S/C22H25ClN2O4/c1-28-19-13-17(14-20(15-19)29-2)22(27)25-11-9-24(10-12-25)21(26)8-5-16-3-6-18(23)7-4-16/h3-4,6-7,13-15H,5,8-12H2,1-2H3. The van der Waals surface area contributed by atoms with Gasteiger partial charge >= 0.3 is 0 Å². The summed E-state index contributed by atoms with van der Waals surface area (Å²) in [7, 11) is 3.11. The van der Waals surface area contributed by atoms with Crippen molar-refractivity contribution in [3.05, 3.63) is 58.6 Å². The maximum Gasteiger partial charge on any atom is 0.254 e. The zero-order chi connectivity index (χ0) is 20.8. The molecular weight excluding hydrogens is 392 g/mol. The predicted molar refractivity (Wildman–Crippen MR) is 112 cm³/mol. The van der Waals surface area contributed by atoms with E-state index in [-0.39, 0.29) is 11.8 Å². The van der Waals surface area contributed by atoms with E-state index < -0.39 is 0 Å². The van der Waals surface area contributed by atoms with E-state index in [0.717, 1.165) is 5.56 Å². The zero-order valence-corrected chi connectivity index (χ0v) is 17.4. The summed E-state index contributed by atoms with van der Waals surface area (Å²) in [5.74, 6) is 1.16. The molecular formula is C22H25ClN2O4. The number of nitrogens with zero attached hydrogens (tertiary/aromatic N) is 2. The molecule has 0 radical (unpaired) electrons. The van der Waals surface area contributed by atoms with Crippen LogP contribution >= 0.6 is 11.6 Å². The molecule has 0 spiro atoms. The van der Waals surface area contributed by atoms with Gasteiger partial charge in [0.05, 0.1) is 14.2 Å². The second-order valence-electron chi connectivity index (χ2n) is 6.90. The number of hydrogen-bond donors (Lipinski definition) is 0. The lowest BCUT2D eigenvalue weighted by atomic mass is 10.1. The van der Waals surface area contributed by atoms with E-state index in [4.69, 9.17) is 21.1 Å². The highest BCUT2D eigenvalue weighted by molar-refractivity contribution is 6.30. The third kappa shape index (κ3) is 5.41. The molecule has 1 aliphatic rings. The van der Waals surface area contributed by atoms with Crippen molar-refractivity contribution in [2.45, 2.75) is 12.8 Å². The Morgan fingerprint density at radius 1 is 0.897 bits per heavy atom. The summed E-state index contributed by atoms with van der Waals surface area (Å²) < 4.78 is 10.5. The Balaban J connectivity index is 1.53. The number of aryl methyl sites for hydroxylation is 1. The summed E-state index contributed by atoms with van der Waals surface area (Å²) in [6.07, 6.45) is 1.13. The molecule has 1 fully saturated rings. The zero-order valence-electron chi connectivity index (χ0n) is 16.7. The fraction of sp³-hybridized carbons (Fsp3) is 0.364. The van der Waals surface area contributed by atoms with E-state index in [1.54, 1.807) is 37.3 Å². The van der Waals surface area contributed by atoms with Crippen molar-refractivity contribution in [3.8, 4) is 11.5 Å². The smallest absolute Gasteiger partial charge is 0.254 e. The number of rotatable bonds is 6. The fourth-order valence-corrected chi connectivity index (χ4v) is 3.46. The van der Waals surface area contributed by atoms with Crippen LogP contribution in [0.4, 0.5) is 0 Å². The van der Waals surface area contributed by atoms with Crippen LogP contribution in [0.2, 0.25) is 5.02 Å². The number of carbonyl (C=O) groups excluding carboxylic acids is 2. The van der Waals surface area contributed by atoms with Crippen molar-refractivity contribution < 1.29 is 19.1 Å². The lowest BCUT2D eigenvalue weighted by Gasteiger charge is -2.35. The molecule has 154 valence electrons. The van der Waals surface area contributed by atoms with Gasteiger partial charge in [0.1, 0.15) is 11.5 Å². The molecule has 0 bridgehead atoms. The molecule has 0 aliphatic carbocycles. The van der Waals surface area contributed by atoms with Gasteiger partial charge in [-0.1, -0.05) is 23.7 Å². The van der Waals surface area contributed by atoms with Crippen molar-refractivity contribution in [2.24, 2.45) is 0 Å². The molecule has 0 N–H and O–H groups in total. The van der Waals surface area contributed by atoms with Gasteiger partial charge in [0, 0.05) is 49.3 Å². The minimum Gasteiger partial charge on any atom is -0.497 e. The van der Waals surface area contributed by atoms with Gasteiger partial charge in [-0.2, -0.15) is 0 Å². The highest BCUT2D eigenvalue weighted by Crippen LogP contribution is 2.24. The molecule has 1 aliphatic heterocycles. The number of halogens is 1. The minimum absolute atomic E-state index is 0.0875. The Labute approximate surface area is 176 Å². The van der Waals surface area contributed by atoms with Crippen LogP contribution in [-0.4, -0.2) is 62.0 Å². The summed E-state index contributed by atoms with van der Waals surface area (Å²) >= 11 is 5.89. The molecule has 0 unspecified atom stereocenters. The number of carbonyl (C=O) groups is 2. The summed E-state index contributed by atoms with van der Waals surface area (Å²) in [4.78, 5) is 29.0. The van der Waals surface area contributed by atoms with Crippen LogP contribution in [-0.2, 0) is 11.2 Å². The molecule has 7 heteroatoms. The van der Waals surface area contributed by atoms with Gasteiger partial charge in [-0.3, -0.25) is 9.59 Å². The van der Waals surface area contributed by atoms with Crippen LogP contribution in [0.15, 0.2) is 42.5 Å². The number of benzene rings is 2. The first kappa shape index (κ1) is 21.0. The van der Waals surface area contributed by atoms with Gasteiger partial charge in [-0.05, 0) is 36.2 Å². The summed E-state index contributed by atoms with van der Waals surface area (Å²) in [6.45, 7) is 2.08. The SMILES string of the molecule is COc1cc(OC)cc(C(=O)N2CCN(C(=O)CCc3ccc(Cl)cc3)CC2)c1. The molecule has 3 rings (SSSR count). The predicted octanol–water partition coefficient (Wildman–Crippen LogP) is 3.27. The van der Waals surface area contributed by atoms with E-state index in [1.165, 1.54) is 0 Å². The van der Waals surface area contributed by atoms with Gasteiger partial charge in [0.25, 0.3) is 5.91 Å². The third-order valence-electron chi connectivity index (χ3n) is 5.06. The van der Waals surface area contributed by atoms with Crippen molar-refractivity contribution >= 4 is 23.4 Å². The maximum atomic E-state index is 12.9. The minimum atomic E-state index is -0.0875. The molecule has 0 aromatic heterocycles. The van der Waals surface area contributed by atoms with E-state index in [2.05, 4.69) is 0 Å². The number of methoxy groups -OCH3 is 2. The quantitative estimate of drug-likeness (QED) is 0.725. The van der Waals surface area contributed by atoms with Crippen LogP contribution in [0.25, 0.3) is 0 Å². The summed E-state index contributed by atoms with van der Waals surface area (Å²) in [5, 5.41) is 0.689. The Morgan fingerprint density at radius 2 is 1.45 bits per heavy atom. The van der Waals surface area contributed by atoms with E-state index in [9.17, 15) is 9.59 Å². The fourth-order valence-electron chi connectivity index (χ4n) is 3.33. The summed E-state index contributed by atoms with van der Waals surface area (Å²) in [5.41, 5.74) is 1.60. The largest absolute Gasteiger partial charge is 0.497 e. The normalized spacial score (nSPS) is 13.9.